The summed E-state index contributed by atoms with van der Waals surface area (Å²) in [6.07, 6.45) is 1.04. The van der Waals surface area contributed by atoms with Gasteiger partial charge in [0.05, 0.1) is 7.11 Å². The van der Waals surface area contributed by atoms with Gasteiger partial charge in [-0.25, -0.2) is 0 Å². The molecule has 0 saturated carbocycles. The Bertz CT molecular complexity index is 853. The normalized spacial score (nSPS) is 11.7. The van der Waals surface area contributed by atoms with Crippen LogP contribution in [-0.4, -0.2) is 36.9 Å². The maximum absolute atomic E-state index is 12.6. The van der Waals surface area contributed by atoms with Crippen LogP contribution in [-0.2, 0) is 16.0 Å². The molecular weight excluding hydrogens is 364 g/mol. The predicted octanol–water partition coefficient (Wildman–Crippen LogP) is 4.43. The van der Waals surface area contributed by atoms with E-state index < -0.39 is 0 Å². The lowest BCUT2D eigenvalue weighted by atomic mass is 10.0. The van der Waals surface area contributed by atoms with Crippen molar-refractivity contribution in [1.29, 1.82) is 0 Å². The number of nitrogens with zero attached hydrogens (tertiary/aromatic N) is 1. The second-order valence-electron chi connectivity index (χ2n) is 7.69. The number of methoxy groups -OCH3 is 1. The van der Waals surface area contributed by atoms with Crippen molar-refractivity contribution in [3.63, 3.8) is 0 Å². The average molecular weight is 397 g/mol. The lowest BCUT2D eigenvalue weighted by Crippen LogP contribution is -2.36. The van der Waals surface area contributed by atoms with Gasteiger partial charge >= 0.3 is 0 Å². The number of ether oxygens (including phenoxy) is 1. The van der Waals surface area contributed by atoms with Gasteiger partial charge < -0.3 is 15.0 Å². The molecule has 0 aliphatic heterocycles. The van der Waals surface area contributed by atoms with Crippen molar-refractivity contribution in [3.05, 3.63) is 58.7 Å². The maximum atomic E-state index is 12.6. The van der Waals surface area contributed by atoms with Gasteiger partial charge in [-0.2, -0.15) is 0 Å². The number of aryl methyl sites for hydroxylation is 3. The molecule has 2 amide bonds. The Kier molecular flexibility index (Phi) is 7.82. The van der Waals surface area contributed by atoms with Gasteiger partial charge in [0.2, 0.25) is 11.8 Å². The Labute approximate surface area is 174 Å². The molecule has 1 N–H and O–H groups in total. The summed E-state index contributed by atoms with van der Waals surface area (Å²) in [6.45, 7) is 8.00. The van der Waals surface area contributed by atoms with Crippen LogP contribution in [0.4, 0.5) is 5.69 Å². The Morgan fingerprint density at radius 3 is 2.31 bits per heavy atom. The summed E-state index contributed by atoms with van der Waals surface area (Å²) in [5.74, 6) is 0.641. The molecule has 2 aromatic rings. The first kappa shape index (κ1) is 22.5. The highest BCUT2D eigenvalue weighted by atomic mass is 16.5. The third-order valence-electron chi connectivity index (χ3n) is 5.27. The summed E-state index contributed by atoms with van der Waals surface area (Å²) in [5, 5.41) is 2.96. The zero-order chi connectivity index (χ0) is 21.6. The predicted molar refractivity (Wildman–Crippen MR) is 117 cm³/mol. The fraction of sp³-hybridized carbons (Fsp3) is 0.417. The molecule has 0 radical (unpaired) electrons. The van der Waals surface area contributed by atoms with Crippen molar-refractivity contribution < 1.29 is 14.3 Å². The molecule has 5 heteroatoms. The number of likely N-dealkylation sites (N-methyl/N-ethyl adjacent to an activating group) is 1. The van der Waals surface area contributed by atoms with E-state index in [1.807, 2.05) is 64.1 Å². The van der Waals surface area contributed by atoms with E-state index in [0.717, 1.165) is 28.1 Å². The van der Waals surface area contributed by atoms with Crippen molar-refractivity contribution in [1.82, 2.24) is 4.90 Å². The Morgan fingerprint density at radius 2 is 1.69 bits per heavy atom. The number of rotatable bonds is 8. The molecule has 1 atom stereocenters. The molecule has 0 aromatic heterocycles. The molecule has 0 aliphatic rings. The third kappa shape index (κ3) is 6.08. The largest absolute Gasteiger partial charge is 0.496 e. The standard InChI is InChI=1S/C24H32N2O3/c1-16-13-17(2)24(18(3)14-16)25-22(27)11-12-23(28)26(5)19(4)15-20-9-7-8-10-21(20)29-6/h7-10,13-14,19H,11-12,15H2,1-6H3,(H,25,27)/t19-/m1/s1. The molecule has 0 bridgehead atoms. The van der Waals surface area contributed by atoms with Crippen LogP contribution in [0.3, 0.4) is 0 Å². The number of anilines is 1. The average Bonchev–Trinajstić information content (AvgIpc) is 2.68. The lowest BCUT2D eigenvalue weighted by molar-refractivity contribution is -0.133. The topological polar surface area (TPSA) is 58.6 Å². The van der Waals surface area contributed by atoms with Gasteiger partial charge in [0, 0.05) is 31.6 Å². The minimum Gasteiger partial charge on any atom is -0.496 e. The molecule has 0 aliphatic carbocycles. The summed E-state index contributed by atoms with van der Waals surface area (Å²) in [7, 11) is 3.43. The molecule has 0 saturated heterocycles. The quantitative estimate of drug-likeness (QED) is 0.718. The van der Waals surface area contributed by atoms with Crippen LogP contribution in [0.25, 0.3) is 0 Å². The van der Waals surface area contributed by atoms with Crippen LogP contribution >= 0.6 is 0 Å². The van der Waals surface area contributed by atoms with Crippen LogP contribution < -0.4 is 10.1 Å². The zero-order valence-electron chi connectivity index (χ0n) is 18.3. The second kappa shape index (κ2) is 10.1. The highest BCUT2D eigenvalue weighted by Crippen LogP contribution is 2.23. The highest BCUT2D eigenvalue weighted by Gasteiger charge is 2.19. The van der Waals surface area contributed by atoms with Crippen LogP contribution in [0.2, 0.25) is 0 Å². The van der Waals surface area contributed by atoms with E-state index in [9.17, 15) is 9.59 Å². The van der Waals surface area contributed by atoms with Gasteiger partial charge in [-0.15, -0.1) is 0 Å². The highest BCUT2D eigenvalue weighted by molar-refractivity contribution is 5.94. The summed E-state index contributed by atoms with van der Waals surface area (Å²) >= 11 is 0. The van der Waals surface area contributed by atoms with E-state index in [1.165, 1.54) is 5.56 Å². The molecule has 0 fully saturated rings. The first-order chi connectivity index (χ1) is 13.7. The minimum atomic E-state index is -0.140. The number of amides is 2. The Morgan fingerprint density at radius 1 is 1.07 bits per heavy atom. The number of carbonyl (C=O) groups excluding carboxylic acids is 2. The van der Waals surface area contributed by atoms with E-state index in [-0.39, 0.29) is 30.7 Å². The van der Waals surface area contributed by atoms with Gasteiger partial charge in [0.15, 0.2) is 0 Å². The number of benzene rings is 2. The minimum absolute atomic E-state index is 0.00319. The molecule has 29 heavy (non-hydrogen) atoms. The second-order valence-corrected chi connectivity index (χ2v) is 7.69. The Hall–Kier alpha value is -2.82. The van der Waals surface area contributed by atoms with Gasteiger partial charge in [-0.3, -0.25) is 9.59 Å². The number of para-hydroxylation sites is 1. The van der Waals surface area contributed by atoms with E-state index in [4.69, 9.17) is 4.74 Å². The smallest absolute Gasteiger partial charge is 0.224 e. The number of hydrogen-bond acceptors (Lipinski definition) is 3. The molecule has 2 rings (SSSR count). The summed E-state index contributed by atoms with van der Waals surface area (Å²) in [6, 6.07) is 11.9. The summed E-state index contributed by atoms with van der Waals surface area (Å²) in [5.41, 5.74) is 5.13. The van der Waals surface area contributed by atoms with Gasteiger partial charge in [0.1, 0.15) is 5.75 Å². The van der Waals surface area contributed by atoms with E-state index in [2.05, 4.69) is 5.32 Å². The zero-order valence-corrected chi connectivity index (χ0v) is 18.3. The van der Waals surface area contributed by atoms with Crippen molar-refractivity contribution >= 4 is 17.5 Å². The molecule has 2 aromatic carbocycles. The fourth-order valence-corrected chi connectivity index (χ4v) is 3.55. The van der Waals surface area contributed by atoms with Crippen LogP contribution in [0.5, 0.6) is 5.75 Å². The van der Waals surface area contributed by atoms with Crippen molar-refractivity contribution in [2.75, 3.05) is 19.5 Å². The maximum Gasteiger partial charge on any atom is 0.224 e. The van der Waals surface area contributed by atoms with Gasteiger partial charge in [-0.1, -0.05) is 35.9 Å². The van der Waals surface area contributed by atoms with Crippen molar-refractivity contribution in [2.45, 2.75) is 53.0 Å². The summed E-state index contributed by atoms with van der Waals surface area (Å²) in [4.78, 5) is 26.7. The SMILES string of the molecule is COc1ccccc1C[C@@H](C)N(C)C(=O)CCC(=O)Nc1c(C)cc(C)cc1C. The van der Waals surface area contributed by atoms with Crippen LogP contribution in [0, 0.1) is 20.8 Å². The molecule has 0 heterocycles. The number of carbonyl (C=O) groups is 2. The molecule has 156 valence electrons. The van der Waals surface area contributed by atoms with E-state index >= 15 is 0 Å². The lowest BCUT2D eigenvalue weighted by Gasteiger charge is -2.25. The first-order valence-corrected chi connectivity index (χ1v) is 9.98. The van der Waals surface area contributed by atoms with Crippen molar-refractivity contribution in [3.8, 4) is 5.75 Å². The van der Waals surface area contributed by atoms with Gasteiger partial charge in [0.25, 0.3) is 0 Å². The fourth-order valence-electron chi connectivity index (χ4n) is 3.55. The van der Waals surface area contributed by atoms with Crippen LogP contribution in [0.15, 0.2) is 36.4 Å². The van der Waals surface area contributed by atoms with Gasteiger partial charge in [-0.05, 0) is 56.9 Å². The Balaban J connectivity index is 1.90. The number of hydrogen-bond donors (Lipinski definition) is 1. The van der Waals surface area contributed by atoms with Crippen molar-refractivity contribution in [2.24, 2.45) is 0 Å². The van der Waals surface area contributed by atoms with Crippen LogP contribution in [0.1, 0.15) is 42.0 Å². The summed E-state index contributed by atoms with van der Waals surface area (Å²) < 4.78 is 5.39. The molecule has 0 spiro atoms. The first-order valence-electron chi connectivity index (χ1n) is 9.98. The monoisotopic (exact) mass is 396 g/mol. The molecular formula is C24H32N2O3. The van der Waals surface area contributed by atoms with E-state index in [1.54, 1.807) is 19.1 Å². The van der Waals surface area contributed by atoms with E-state index in [0.29, 0.717) is 6.42 Å². The number of nitrogens with one attached hydrogen (secondary N) is 1. The third-order valence-corrected chi connectivity index (χ3v) is 5.27. The molecule has 5 nitrogen and oxygen atoms in total. The molecule has 0 unspecified atom stereocenters.